The Balaban J connectivity index is 1.73. The highest BCUT2D eigenvalue weighted by Crippen LogP contribution is 2.14. The minimum Gasteiger partial charge on any atom is -0.493 e. The molecule has 1 aromatic carbocycles. The summed E-state index contributed by atoms with van der Waals surface area (Å²) in [7, 11) is 0. The largest absolute Gasteiger partial charge is 0.493 e. The Kier molecular flexibility index (Phi) is 4.40. The molecule has 0 saturated heterocycles. The van der Waals surface area contributed by atoms with E-state index in [1.807, 2.05) is 6.92 Å². The van der Waals surface area contributed by atoms with Gasteiger partial charge in [0.1, 0.15) is 16.6 Å². The molecule has 1 aromatic heterocycles. The lowest BCUT2D eigenvalue weighted by atomic mass is 10.3. The first-order valence-corrected chi connectivity index (χ1v) is 6.43. The molecule has 0 unspecified atom stereocenters. The van der Waals surface area contributed by atoms with Gasteiger partial charge in [0.2, 0.25) is 11.0 Å². The zero-order valence-corrected chi connectivity index (χ0v) is 11.0. The molecule has 0 fully saturated rings. The first kappa shape index (κ1) is 13.4. The van der Waals surface area contributed by atoms with Gasteiger partial charge in [-0.2, -0.15) is 0 Å². The number of nitrogens with zero attached hydrogens (tertiary/aromatic N) is 2. The van der Waals surface area contributed by atoms with E-state index in [0.29, 0.717) is 10.9 Å². The standard InChI is InChI=1S/C12H12FN3O2S/c1-8-15-16-12(19-8)14-11(17)6-7-18-10-4-2-9(13)3-5-10/h2-5H,6-7H2,1H3,(H,14,16,17). The molecule has 19 heavy (non-hydrogen) atoms. The van der Waals surface area contributed by atoms with Crippen LogP contribution < -0.4 is 10.1 Å². The number of rotatable bonds is 5. The lowest BCUT2D eigenvalue weighted by Gasteiger charge is -2.05. The molecule has 100 valence electrons. The van der Waals surface area contributed by atoms with Gasteiger partial charge in [0, 0.05) is 0 Å². The molecule has 0 aliphatic carbocycles. The van der Waals surface area contributed by atoms with Crippen molar-refractivity contribution in [2.45, 2.75) is 13.3 Å². The Morgan fingerprint density at radius 2 is 2.11 bits per heavy atom. The molecule has 0 radical (unpaired) electrons. The van der Waals surface area contributed by atoms with E-state index in [1.54, 1.807) is 0 Å². The summed E-state index contributed by atoms with van der Waals surface area (Å²) in [5, 5.41) is 11.5. The van der Waals surface area contributed by atoms with Gasteiger partial charge in [-0.1, -0.05) is 11.3 Å². The number of aryl methyl sites for hydroxylation is 1. The molecule has 0 atom stereocenters. The summed E-state index contributed by atoms with van der Waals surface area (Å²) >= 11 is 1.31. The lowest BCUT2D eigenvalue weighted by molar-refractivity contribution is -0.116. The first-order chi connectivity index (χ1) is 9.13. The molecule has 0 aliphatic heterocycles. The SMILES string of the molecule is Cc1nnc(NC(=O)CCOc2ccc(F)cc2)s1. The van der Waals surface area contributed by atoms with Crippen LogP contribution in [-0.4, -0.2) is 22.7 Å². The second-order valence-corrected chi connectivity index (χ2v) is 4.91. The molecule has 1 heterocycles. The molecule has 7 heteroatoms. The van der Waals surface area contributed by atoms with Crippen molar-refractivity contribution in [3.05, 3.63) is 35.1 Å². The van der Waals surface area contributed by atoms with E-state index in [1.165, 1.54) is 35.6 Å². The Labute approximate surface area is 113 Å². The van der Waals surface area contributed by atoms with E-state index in [2.05, 4.69) is 15.5 Å². The van der Waals surface area contributed by atoms with Gasteiger partial charge in [0.05, 0.1) is 13.0 Å². The van der Waals surface area contributed by atoms with Gasteiger partial charge in [0.15, 0.2) is 0 Å². The molecule has 0 bridgehead atoms. The molecule has 0 saturated carbocycles. The van der Waals surface area contributed by atoms with Gasteiger partial charge >= 0.3 is 0 Å². The first-order valence-electron chi connectivity index (χ1n) is 5.62. The molecule has 1 N–H and O–H groups in total. The maximum Gasteiger partial charge on any atom is 0.229 e. The van der Waals surface area contributed by atoms with E-state index in [9.17, 15) is 9.18 Å². The second kappa shape index (κ2) is 6.24. The van der Waals surface area contributed by atoms with E-state index in [4.69, 9.17) is 4.74 Å². The normalized spacial score (nSPS) is 10.2. The predicted molar refractivity (Wildman–Crippen MR) is 69.8 cm³/mol. The smallest absolute Gasteiger partial charge is 0.229 e. The van der Waals surface area contributed by atoms with E-state index in [0.717, 1.165) is 5.01 Å². The van der Waals surface area contributed by atoms with Gasteiger partial charge in [-0.25, -0.2) is 4.39 Å². The minimum absolute atomic E-state index is 0.190. The van der Waals surface area contributed by atoms with Crippen LogP contribution in [0.2, 0.25) is 0 Å². The van der Waals surface area contributed by atoms with E-state index in [-0.39, 0.29) is 24.8 Å². The molecule has 0 spiro atoms. The van der Waals surface area contributed by atoms with Crippen molar-refractivity contribution in [3.63, 3.8) is 0 Å². The Hall–Kier alpha value is -2.02. The molecule has 5 nitrogen and oxygen atoms in total. The monoisotopic (exact) mass is 281 g/mol. The van der Waals surface area contributed by atoms with E-state index < -0.39 is 0 Å². The third kappa shape index (κ3) is 4.29. The zero-order valence-electron chi connectivity index (χ0n) is 10.2. The lowest BCUT2D eigenvalue weighted by Crippen LogP contribution is -2.15. The van der Waals surface area contributed by atoms with Crippen LogP contribution in [0.5, 0.6) is 5.75 Å². The highest BCUT2D eigenvalue weighted by Gasteiger charge is 2.06. The third-order valence-corrected chi connectivity index (χ3v) is 2.94. The number of carbonyl (C=O) groups is 1. The highest BCUT2D eigenvalue weighted by atomic mass is 32.1. The third-order valence-electron chi connectivity index (χ3n) is 2.18. The number of halogens is 1. The van der Waals surface area contributed by atoms with Crippen molar-refractivity contribution >= 4 is 22.4 Å². The van der Waals surface area contributed by atoms with E-state index >= 15 is 0 Å². The van der Waals surface area contributed by atoms with Crippen LogP contribution in [-0.2, 0) is 4.79 Å². The number of anilines is 1. The van der Waals surface area contributed by atoms with Gasteiger partial charge in [-0.15, -0.1) is 10.2 Å². The summed E-state index contributed by atoms with van der Waals surface area (Å²) in [5.74, 6) is 0.0101. The topological polar surface area (TPSA) is 64.1 Å². The van der Waals surface area contributed by atoms with Crippen LogP contribution in [0, 0.1) is 12.7 Å². The molecule has 2 rings (SSSR count). The fraction of sp³-hybridized carbons (Fsp3) is 0.250. The average Bonchev–Trinajstić information content (AvgIpc) is 2.77. The van der Waals surface area contributed by atoms with Crippen molar-refractivity contribution in [1.29, 1.82) is 0 Å². The van der Waals surface area contributed by atoms with Crippen LogP contribution in [0.1, 0.15) is 11.4 Å². The molecular formula is C12H12FN3O2S. The zero-order chi connectivity index (χ0) is 13.7. The van der Waals surface area contributed by atoms with Gasteiger partial charge in [-0.3, -0.25) is 4.79 Å². The number of aromatic nitrogens is 2. The predicted octanol–water partition coefficient (Wildman–Crippen LogP) is 2.39. The maximum absolute atomic E-state index is 12.6. The van der Waals surface area contributed by atoms with Crippen LogP contribution in [0.15, 0.2) is 24.3 Å². The maximum atomic E-state index is 12.6. The van der Waals surface area contributed by atoms with Crippen molar-refractivity contribution in [3.8, 4) is 5.75 Å². The van der Waals surface area contributed by atoms with Crippen molar-refractivity contribution in [2.75, 3.05) is 11.9 Å². The number of hydrogen-bond donors (Lipinski definition) is 1. The Bertz CT molecular complexity index is 556. The van der Waals surface area contributed by atoms with Crippen LogP contribution in [0.25, 0.3) is 0 Å². The fourth-order valence-electron chi connectivity index (χ4n) is 1.32. The molecule has 0 aliphatic rings. The quantitative estimate of drug-likeness (QED) is 0.914. The average molecular weight is 281 g/mol. The van der Waals surface area contributed by atoms with Gasteiger partial charge in [-0.05, 0) is 31.2 Å². The highest BCUT2D eigenvalue weighted by molar-refractivity contribution is 7.15. The molecule has 1 amide bonds. The van der Waals surface area contributed by atoms with Gasteiger partial charge < -0.3 is 10.1 Å². The number of benzene rings is 1. The Morgan fingerprint density at radius 1 is 1.37 bits per heavy atom. The number of hydrogen-bond acceptors (Lipinski definition) is 5. The van der Waals surface area contributed by atoms with Crippen LogP contribution in [0.4, 0.5) is 9.52 Å². The van der Waals surface area contributed by atoms with Crippen LogP contribution in [0.3, 0.4) is 0 Å². The number of nitrogens with one attached hydrogen (secondary N) is 1. The number of carbonyl (C=O) groups excluding carboxylic acids is 1. The van der Waals surface area contributed by atoms with Crippen molar-refractivity contribution < 1.29 is 13.9 Å². The van der Waals surface area contributed by atoms with Gasteiger partial charge in [0.25, 0.3) is 0 Å². The summed E-state index contributed by atoms with van der Waals surface area (Å²) in [4.78, 5) is 11.6. The Morgan fingerprint density at radius 3 is 2.74 bits per heavy atom. The summed E-state index contributed by atoms with van der Waals surface area (Å²) in [6, 6.07) is 5.64. The summed E-state index contributed by atoms with van der Waals surface area (Å²) < 4.78 is 18.0. The minimum atomic E-state index is -0.322. The van der Waals surface area contributed by atoms with Crippen molar-refractivity contribution in [1.82, 2.24) is 10.2 Å². The van der Waals surface area contributed by atoms with Crippen LogP contribution >= 0.6 is 11.3 Å². The molecular weight excluding hydrogens is 269 g/mol. The number of amides is 1. The fourth-order valence-corrected chi connectivity index (χ4v) is 1.93. The summed E-state index contributed by atoms with van der Waals surface area (Å²) in [5.41, 5.74) is 0. The van der Waals surface area contributed by atoms with Crippen molar-refractivity contribution in [2.24, 2.45) is 0 Å². The second-order valence-electron chi connectivity index (χ2n) is 3.73. The number of ether oxygens (including phenoxy) is 1. The molecule has 2 aromatic rings. The summed E-state index contributed by atoms with van der Waals surface area (Å²) in [6.45, 7) is 2.03. The summed E-state index contributed by atoms with van der Waals surface area (Å²) in [6.07, 6.45) is 0.190.